The zero-order valence-corrected chi connectivity index (χ0v) is 19.3. The van der Waals surface area contributed by atoms with Crippen LogP contribution in [0.15, 0.2) is 16.6 Å². The van der Waals surface area contributed by atoms with E-state index in [2.05, 4.69) is 56.5 Å². The lowest BCUT2D eigenvalue weighted by Gasteiger charge is -2.47. The maximum absolute atomic E-state index is 12.5. The molecule has 2 N–H and O–H groups in total. The Labute approximate surface area is 176 Å². The highest BCUT2D eigenvalue weighted by atomic mass is 79.9. The van der Waals surface area contributed by atoms with Gasteiger partial charge in [0.1, 0.15) is 0 Å². The summed E-state index contributed by atoms with van der Waals surface area (Å²) in [7, 11) is -0.300. The quantitative estimate of drug-likeness (QED) is 0.707. The standard InChI is InChI=1S/C20H29BrN4O2S/c1-5-6-25-11-14(23-28(26,27)24(3)4)9-16-17-7-13(21)8-18-20(17)15(10-19(16)25)12(2)22-18/h7-8,14,16,19,22-23H,5-6,9-11H2,1-4H3/t14-,16+,19+/m0/s1. The van der Waals surface area contributed by atoms with Crippen LogP contribution < -0.4 is 4.72 Å². The van der Waals surface area contributed by atoms with E-state index >= 15 is 0 Å². The molecular formula is C20H29BrN4O2S. The zero-order chi connectivity index (χ0) is 20.2. The number of hydrogen-bond acceptors (Lipinski definition) is 3. The molecule has 1 aliphatic carbocycles. The molecular weight excluding hydrogens is 440 g/mol. The van der Waals surface area contributed by atoms with Crippen LogP contribution in [-0.4, -0.2) is 61.9 Å². The van der Waals surface area contributed by atoms with Gasteiger partial charge in [-0.15, -0.1) is 0 Å². The van der Waals surface area contributed by atoms with Crippen molar-refractivity contribution in [2.75, 3.05) is 27.2 Å². The Bertz CT molecular complexity index is 1000. The summed E-state index contributed by atoms with van der Waals surface area (Å²) in [4.78, 5) is 6.05. The van der Waals surface area contributed by atoms with Gasteiger partial charge in [-0.2, -0.15) is 17.4 Å². The first-order valence-electron chi connectivity index (χ1n) is 9.95. The molecule has 0 unspecified atom stereocenters. The van der Waals surface area contributed by atoms with E-state index in [0.717, 1.165) is 36.8 Å². The number of likely N-dealkylation sites (tertiary alicyclic amines) is 1. The molecule has 1 aliphatic heterocycles. The van der Waals surface area contributed by atoms with Crippen LogP contribution in [0.4, 0.5) is 0 Å². The molecule has 1 aromatic heterocycles. The predicted molar refractivity (Wildman–Crippen MR) is 117 cm³/mol. The Hall–Kier alpha value is -0.930. The molecule has 1 aromatic carbocycles. The molecule has 154 valence electrons. The van der Waals surface area contributed by atoms with Crippen molar-refractivity contribution in [3.8, 4) is 0 Å². The Balaban J connectivity index is 1.76. The van der Waals surface area contributed by atoms with E-state index in [1.807, 2.05) is 0 Å². The smallest absolute Gasteiger partial charge is 0.279 e. The van der Waals surface area contributed by atoms with E-state index in [9.17, 15) is 8.42 Å². The van der Waals surface area contributed by atoms with Gasteiger partial charge in [0.15, 0.2) is 0 Å². The predicted octanol–water partition coefficient (Wildman–Crippen LogP) is 3.13. The fraction of sp³-hybridized carbons (Fsp3) is 0.600. The van der Waals surface area contributed by atoms with Crippen LogP contribution in [0.2, 0.25) is 0 Å². The van der Waals surface area contributed by atoms with Crippen molar-refractivity contribution in [3.63, 3.8) is 0 Å². The highest BCUT2D eigenvalue weighted by Gasteiger charge is 2.42. The van der Waals surface area contributed by atoms with E-state index in [4.69, 9.17) is 0 Å². The third-order valence-corrected chi connectivity index (χ3v) is 8.31. The van der Waals surface area contributed by atoms with Crippen LogP contribution in [0.25, 0.3) is 10.9 Å². The first-order chi connectivity index (χ1) is 13.2. The number of halogens is 1. The van der Waals surface area contributed by atoms with Gasteiger partial charge in [-0.05, 0) is 56.0 Å². The summed E-state index contributed by atoms with van der Waals surface area (Å²) < 4.78 is 30.2. The number of piperidine rings is 1. The maximum atomic E-state index is 12.5. The molecule has 6 nitrogen and oxygen atoms in total. The molecule has 1 saturated heterocycles. The van der Waals surface area contributed by atoms with Gasteiger partial charge in [-0.3, -0.25) is 4.90 Å². The summed E-state index contributed by atoms with van der Waals surface area (Å²) in [5.74, 6) is 0.317. The van der Waals surface area contributed by atoms with E-state index in [0.29, 0.717) is 12.0 Å². The van der Waals surface area contributed by atoms with Gasteiger partial charge in [0, 0.05) is 59.7 Å². The fourth-order valence-corrected chi connectivity index (χ4v) is 6.33. The lowest BCUT2D eigenvalue weighted by molar-refractivity contribution is 0.105. The molecule has 0 amide bonds. The molecule has 8 heteroatoms. The highest BCUT2D eigenvalue weighted by Crippen LogP contribution is 2.45. The Morgan fingerprint density at radius 2 is 2.11 bits per heavy atom. The minimum absolute atomic E-state index is 0.0872. The molecule has 1 fully saturated rings. The minimum atomic E-state index is -3.45. The number of aryl methyl sites for hydroxylation is 1. The Morgan fingerprint density at radius 1 is 1.36 bits per heavy atom. The summed E-state index contributed by atoms with van der Waals surface area (Å²) in [5.41, 5.74) is 5.19. The van der Waals surface area contributed by atoms with Gasteiger partial charge in [-0.1, -0.05) is 22.9 Å². The molecule has 2 aromatic rings. The van der Waals surface area contributed by atoms with Gasteiger partial charge in [0.05, 0.1) is 0 Å². The van der Waals surface area contributed by atoms with Crippen LogP contribution in [-0.2, 0) is 16.6 Å². The molecule has 0 bridgehead atoms. The molecule has 0 saturated carbocycles. The van der Waals surface area contributed by atoms with Crippen molar-refractivity contribution in [1.82, 2.24) is 18.9 Å². The van der Waals surface area contributed by atoms with E-state index in [1.54, 1.807) is 14.1 Å². The van der Waals surface area contributed by atoms with Gasteiger partial charge in [0.2, 0.25) is 0 Å². The number of rotatable bonds is 5. The second-order valence-corrected chi connectivity index (χ2v) is 11.2. The first kappa shape index (κ1) is 20.3. The number of nitrogens with one attached hydrogen (secondary N) is 2. The number of fused-ring (bicyclic) bond motifs is 2. The SMILES string of the molecule is CCCN1C[C@@H](NS(=O)(=O)N(C)C)C[C@@H]2c3cc(Br)cc4[nH]c(C)c(c34)C[C@H]21. The molecule has 2 aliphatic rings. The molecule has 28 heavy (non-hydrogen) atoms. The van der Waals surface area contributed by atoms with Gasteiger partial charge < -0.3 is 4.98 Å². The van der Waals surface area contributed by atoms with Crippen molar-refractivity contribution in [3.05, 3.63) is 33.4 Å². The average molecular weight is 469 g/mol. The van der Waals surface area contributed by atoms with Crippen molar-refractivity contribution < 1.29 is 8.42 Å². The van der Waals surface area contributed by atoms with Gasteiger partial charge in [0.25, 0.3) is 10.2 Å². The number of aromatic nitrogens is 1. The topological polar surface area (TPSA) is 68.4 Å². The van der Waals surface area contributed by atoms with Crippen LogP contribution in [0, 0.1) is 6.92 Å². The van der Waals surface area contributed by atoms with Crippen LogP contribution in [0.5, 0.6) is 0 Å². The fourth-order valence-electron chi connectivity index (χ4n) is 5.05. The van der Waals surface area contributed by atoms with Crippen molar-refractivity contribution in [2.24, 2.45) is 0 Å². The largest absolute Gasteiger partial charge is 0.358 e. The molecule has 2 heterocycles. The summed E-state index contributed by atoms with van der Waals surface area (Å²) in [6, 6.07) is 4.72. The minimum Gasteiger partial charge on any atom is -0.358 e. The molecule has 0 radical (unpaired) electrons. The van der Waals surface area contributed by atoms with E-state index < -0.39 is 10.2 Å². The second-order valence-electron chi connectivity index (χ2n) is 8.36. The zero-order valence-electron chi connectivity index (χ0n) is 16.9. The third-order valence-electron chi connectivity index (χ3n) is 6.26. The number of H-pyrrole nitrogens is 1. The van der Waals surface area contributed by atoms with Crippen LogP contribution >= 0.6 is 15.9 Å². The maximum Gasteiger partial charge on any atom is 0.279 e. The number of aromatic amines is 1. The Morgan fingerprint density at radius 3 is 2.79 bits per heavy atom. The van der Waals surface area contributed by atoms with E-state index in [-0.39, 0.29) is 6.04 Å². The van der Waals surface area contributed by atoms with Crippen molar-refractivity contribution in [2.45, 2.75) is 51.1 Å². The number of hydrogen-bond donors (Lipinski definition) is 2. The van der Waals surface area contributed by atoms with Crippen LogP contribution in [0.3, 0.4) is 0 Å². The van der Waals surface area contributed by atoms with E-state index in [1.165, 1.54) is 32.0 Å². The monoisotopic (exact) mass is 468 g/mol. The average Bonchev–Trinajstić information content (AvgIpc) is 2.91. The summed E-state index contributed by atoms with van der Waals surface area (Å²) in [6.07, 6.45) is 2.91. The molecule has 3 atom stereocenters. The molecule has 0 spiro atoms. The first-order valence-corrected chi connectivity index (χ1v) is 12.2. The summed E-state index contributed by atoms with van der Waals surface area (Å²) in [6.45, 7) is 6.10. The Kier molecular flexibility index (Phi) is 5.37. The third kappa shape index (κ3) is 3.43. The lowest BCUT2D eigenvalue weighted by Crippen LogP contribution is -2.57. The van der Waals surface area contributed by atoms with Crippen molar-refractivity contribution >= 4 is 37.0 Å². The second kappa shape index (κ2) is 7.40. The van der Waals surface area contributed by atoms with Gasteiger partial charge in [-0.25, -0.2) is 0 Å². The van der Waals surface area contributed by atoms with Crippen LogP contribution in [0.1, 0.15) is 42.5 Å². The lowest BCUT2D eigenvalue weighted by atomic mass is 9.73. The summed E-state index contributed by atoms with van der Waals surface area (Å²) >= 11 is 3.68. The van der Waals surface area contributed by atoms with Gasteiger partial charge >= 0.3 is 0 Å². The number of benzene rings is 1. The highest BCUT2D eigenvalue weighted by molar-refractivity contribution is 9.10. The summed E-state index contributed by atoms with van der Waals surface area (Å²) in [5, 5.41) is 1.34. The molecule has 4 rings (SSSR count). The normalized spacial score (nSPS) is 25.4. The van der Waals surface area contributed by atoms with Crippen molar-refractivity contribution in [1.29, 1.82) is 0 Å². The number of nitrogens with zero attached hydrogens (tertiary/aromatic N) is 2.